The fraction of sp³-hybridized carbons (Fsp3) is 0.556. The van der Waals surface area contributed by atoms with E-state index in [0.29, 0.717) is 0 Å². The van der Waals surface area contributed by atoms with E-state index in [2.05, 4.69) is 29.1 Å². The van der Waals surface area contributed by atoms with Crippen molar-refractivity contribution in [1.29, 1.82) is 0 Å². The molecule has 3 nitrogen and oxygen atoms in total. The van der Waals surface area contributed by atoms with Gasteiger partial charge in [0, 0.05) is 6.54 Å². The maximum absolute atomic E-state index is 4.44. The second-order valence-corrected chi connectivity index (χ2v) is 3.89. The molecule has 0 aromatic carbocycles. The number of aromatic nitrogens is 2. The van der Waals surface area contributed by atoms with Gasteiger partial charge < -0.3 is 5.32 Å². The average molecular weight is 197 g/mol. The van der Waals surface area contributed by atoms with Crippen LogP contribution in [0.2, 0.25) is 0 Å². The molecule has 0 spiro atoms. The lowest BCUT2D eigenvalue weighted by molar-refractivity contribution is 0.993. The molecule has 1 rings (SSSR count). The van der Waals surface area contributed by atoms with Crippen molar-refractivity contribution in [3.05, 3.63) is 11.9 Å². The van der Waals surface area contributed by atoms with Crippen LogP contribution < -0.4 is 5.32 Å². The first-order valence-corrected chi connectivity index (χ1v) is 5.46. The summed E-state index contributed by atoms with van der Waals surface area (Å²) in [5.41, 5.74) is 0.960. The summed E-state index contributed by atoms with van der Waals surface area (Å²) in [5.74, 6) is 1.93. The number of nitrogens with one attached hydrogen (secondary N) is 1. The predicted octanol–water partition coefficient (Wildman–Crippen LogP) is 2.33. The quantitative estimate of drug-likeness (QED) is 0.752. The molecule has 0 aliphatic carbocycles. The Kier molecular flexibility index (Phi) is 4.02. The number of aryl methyl sites for hydroxylation is 1. The van der Waals surface area contributed by atoms with E-state index in [1.165, 1.54) is 0 Å². The summed E-state index contributed by atoms with van der Waals surface area (Å²) in [6, 6.07) is 0. The van der Waals surface area contributed by atoms with E-state index in [1.807, 2.05) is 13.1 Å². The molecule has 0 atom stereocenters. The standard InChI is InChI=1S/C9H15N3S/c1-4-10-9-7(3)11-6-8(12-9)13-5-2/h6H,4-5H2,1-3H3,(H,10,12). The molecule has 0 radical (unpaired) electrons. The first-order valence-electron chi connectivity index (χ1n) is 4.48. The number of hydrogen-bond donors (Lipinski definition) is 1. The van der Waals surface area contributed by atoms with Crippen molar-refractivity contribution in [2.75, 3.05) is 17.6 Å². The van der Waals surface area contributed by atoms with Crippen molar-refractivity contribution >= 4 is 17.6 Å². The average Bonchev–Trinajstić information content (AvgIpc) is 2.12. The van der Waals surface area contributed by atoms with Crippen LogP contribution in [-0.2, 0) is 0 Å². The van der Waals surface area contributed by atoms with Crippen LogP contribution in [0.4, 0.5) is 5.82 Å². The van der Waals surface area contributed by atoms with E-state index in [1.54, 1.807) is 11.8 Å². The van der Waals surface area contributed by atoms with Gasteiger partial charge in [0.1, 0.15) is 10.8 Å². The Morgan fingerprint density at radius 1 is 1.46 bits per heavy atom. The largest absolute Gasteiger partial charge is 0.369 e. The molecule has 1 N–H and O–H groups in total. The van der Waals surface area contributed by atoms with Crippen LogP contribution in [0.3, 0.4) is 0 Å². The Balaban J connectivity index is 2.83. The van der Waals surface area contributed by atoms with Crippen LogP contribution in [0, 0.1) is 6.92 Å². The second kappa shape index (κ2) is 5.07. The fourth-order valence-corrected chi connectivity index (χ4v) is 1.56. The first kappa shape index (κ1) is 10.3. The van der Waals surface area contributed by atoms with Crippen molar-refractivity contribution in [1.82, 2.24) is 9.97 Å². The van der Waals surface area contributed by atoms with Gasteiger partial charge in [0.05, 0.1) is 11.9 Å². The molecule has 0 fully saturated rings. The fourth-order valence-electron chi connectivity index (χ4n) is 0.985. The van der Waals surface area contributed by atoms with Crippen molar-refractivity contribution < 1.29 is 0 Å². The lowest BCUT2D eigenvalue weighted by Gasteiger charge is -2.06. The molecule has 0 aliphatic rings. The van der Waals surface area contributed by atoms with E-state index >= 15 is 0 Å². The SMILES string of the molecule is CCNc1nc(SCC)cnc1C. The highest BCUT2D eigenvalue weighted by Crippen LogP contribution is 2.17. The summed E-state index contributed by atoms with van der Waals surface area (Å²) in [6.45, 7) is 7.01. The molecule has 0 amide bonds. The lowest BCUT2D eigenvalue weighted by atomic mass is 10.4. The molecule has 72 valence electrons. The third kappa shape index (κ3) is 2.88. The van der Waals surface area contributed by atoms with Gasteiger partial charge in [0.2, 0.25) is 0 Å². The lowest BCUT2D eigenvalue weighted by Crippen LogP contribution is -2.03. The van der Waals surface area contributed by atoms with Crippen LogP contribution in [0.25, 0.3) is 0 Å². The number of hydrogen-bond acceptors (Lipinski definition) is 4. The van der Waals surface area contributed by atoms with Crippen LogP contribution in [0.1, 0.15) is 19.5 Å². The van der Waals surface area contributed by atoms with Crippen molar-refractivity contribution in [3.63, 3.8) is 0 Å². The maximum Gasteiger partial charge on any atom is 0.148 e. The molecule has 0 saturated carbocycles. The zero-order valence-corrected chi connectivity index (χ0v) is 9.11. The molecule has 4 heteroatoms. The number of anilines is 1. The van der Waals surface area contributed by atoms with E-state index in [-0.39, 0.29) is 0 Å². The third-order valence-electron chi connectivity index (χ3n) is 1.57. The molecule has 0 unspecified atom stereocenters. The van der Waals surface area contributed by atoms with Crippen molar-refractivity contribution in [3.8, 4) is 0 Å². The smallest absolute Gasteiger partial charge is 0.148 e. The predicted molar refractivity (Wildman–Crippen MR) is 57.3 cm³/mol. The normalized spacial score (nSPS) is 10.1. The van der Waals surface area contributed by atoms with Gasteiger partial charge in [-0.3, -0.25) is 4.98 Å². The minimum atomic E-state index is 0.885. The van der Waals surface area contributed by atoms with Crippen molar-refractivity contribution in [2.45, 2.75) is 25.8 Å². The summed E-state index contributed by atoms with van der Waals surface area (Å²) in [7, 11) is 0. The molecule has 13 heavy (non-hydrogen) atoms. The summed E-state index contributed by atoms with van der Waals surface area (Å²) in [6.07, 6.45) is 1.82. The maximum atomic E-state index is 4.44. The van der Waals surface area contributed by atoms with Gasteiger partial charge in [-0.1, -0.05) is 6.92 Å². The van der Waals surface area contributed by atoms with Gasteiger partial charge >= 0.3 is 0 Å². The summed E-state index contributed by atoms with van der Waals surface area (Å²) in [4.78, 5) is 8.71. The van der Waals surface area contributed by atoms with Crippen molar-refractivity contribution in [2.24, 2.45) is 0 Å². The minimum absolute atomic E-state index is 0.885. The van der Waals surface area contributed by atoms with Gasteiger partial charge in [-0.25, -0.2) is 4.98 Å². The summed E-state index contributed by atoms with van der Waals surface area (Å²) in [5, 5.41) is 4.18. The Hall–Kier alpha value is -0.770. The molecular formula is C9H15N3S. The van der Waals surface area contributed by atoms with Gasteiger partial charge in [0.15, 0.2) is 0 Å². The topological polar surface area (TPSA) is 37.8 Å². The summed E-state index contributed by atoms with van der Waals surface area (Å²) >= 11 is 1.71. The van der Waals surface area contributed by atoms with E-state index < -0.39 is 0 Å². The molecule has 1 aromatic heterocycles. The molecule has 0 bridgehead atoms. The molecular weight excluding hydrogens is 182 g/mol. The van der Waals surface area contributed by atoms with E-state index in [4.69, 9.17) is 0 Å². The van der Waals surface area contributed by atoms with Crippen LogP contribution in [0.5, 0.6) is 0 Å². The van der Waals surface area contributed by atoms with Crippen LogP contribution in [-0.4, -0.2) is 22.3 Å². The van der Waals surface area contributed by atoms with Crippen LogP contribution in [0.15, 0.2) is 11.2 Å². The Morgan fingerprint density at radius 3 is 2.85 bits per heavy atom. The zero-order chi connectivity index (χ0) is 9.68. The number of rotatable bonds is 4. The van der Waals surface area contributed by atoms with Gasteiger partial charge in [-0.05, 0) is 19.6 Å². The number of thioether (sulfide) groups is 1. The van der Waals surface area contributed by atoms with Gasteiger partial charge in [-0.15, -0.1) is 11.8 Å². The van der Waals surface area contributed by atoms with E-state index in [0.717, 1.165) is 28.8 Å². The number of nitrogens with zero attached hydrogens (tertiary/aromatic N) is 2. The third-order valence-corrected chi connectivity index (χ3v) is 2.35. The Labute approximate surface area is 83.4 Å². The molecule has 0 aliphatic heterocycles. The van der Waals surface area contributed by atoms with Gasteiger partial charge in [-0.2, -0.15) is 0 Å². The highest BCUT2D eigenvalue weighted by atomic mass is 32.2. The second-order valence-electron chi connectivity index (χ2n) is 2.61. The molecule has 1 aromatic rings. The molecule has 0 saturated heterocycles. The van der Waals surface area contributed by atoms with Crippen LogP contribution >= 0.6 is 11.8 Å². The Bertz CT molecular complexity index is 276. The Morgan fingerprint density at radius 2 is 2.23 bits per heavy atom. The molecule has 1 heterocycles. The zero-order valence-electron chi connectivity index (χ0n) is 8.29. The van der Waals surface area contributed by atoms with Gasteiger partial charge in [0.25, 0.3) is 0 Å². The van der Waals surface area contributed by atoms with E-state index in [9.17, 15) is 0 Å². The minimum Gasteiger partial charge on any atom is -0.369 e. The highest BCUT2D eigenvalue weighted by molar-refractivity contribution is 7.99. The monoisotopic (exact) mass is 197 g/mol. The highest BCUT2D eigenvalue weighted by Gasteiger charge is 2.01. The first-order chi connectivity index (χ1) is 6.27. The summed E-state index contributed by atoms with van der Waals surface area (Å²) < 4.78 is 0.